The molecule has 2 amide bonds. The first-order chi connectivity index (χ1) is 12.6. The van der Waals surface area contributed by atoms with Crippen LogP contribution in [0.1, 0.15) is 58.8 Å². The Hall–Kier alpha value is -2.09. The third kappa shape index (κ3) is 6.23. The van der Waals surface area contributed by atoms with Crippen molar-refractivity contribution in [2.24, 2.45) is 0 Å². The van der Waals surface area contributed by atoms with Gasteiger partial charge in [0.2, 0.25) is 0 Å². The Morgan fingerprint density at radius 3 is 2.48 bits per heavy atom. The summed E-state index contributed by atoms with van der Waals surface area (Å²) >= 11 is 0. The third-order valence-electron chi connectivity index (χ3n) is 4.83. The summed E-state index contributed by atoms with van der Waals surface area (Å²) in [5.74, 6) is -0.925. The molecule has 0 saturated heterocycles. The Balaban J connectivity index is 2.04. The van der Waals surface area contributed by atoms with Crippen LogP contribution in [0.3, 0.4) is 0 Å². The fourth-order valence-electron chi connectivity index (χ4n) is 3.27. The van der Waals surface area contributed by atoms with Gasteiger partial charge in [-0.3, -0.25) is 4.79 Å². The van der Waals surface area contributed by atoms with Crippen LogP contribution >= 0.6 is 0 Å². The molecule has 1 aliphatic rings. The summed E-state index contributed by atoms with van der Waals surface area (Å²) in [6.07, 6.45) is 4.52. The molecule has 2 rings (SSSR count). The smallest absolute Gasteiger partial charge is 0.319 e. The van der Waals surface area contributed by atoms with Gasteiger partial charge in [0.1, 0.15) is 0 Å². The van der Waals surface area contributed by atoms with E-state index in [4.69, 9.17) is 5.11 Å². The Morgan fingerprint density at radius 2 is 1.85 bits per heavy atom. The molecule has 0 aliphatic heterocycles. The number of anilines is 1. The highest BCUT2D eigenvalue weighted by Crippen LogP contribution is 2.29. The highest BCUT2D eigenvalue weighted by molar-refractivity contribution is 7.92. The van der Waals surface area contributed by atoms with E-state index in [0.717, 1.165) is 19.3 Å². The van der Waals surface area contributed by atoms with E-state index in [2.05, 4.69) is 10.6 Å². The minimum absolute atomic E-state index is 0.0532. The van der Waals surface area contributed by atoms with E-state index in [0.29, 0.717) is 18.5 Å². The number of aliphatic carboxylic acids is 1. The van der Waals surface area contributed by atoms with Crippen molar-refractivity contribution >= 4 is 27.5 Å². The number of rotatable bonds is 7. The fourth-order valence-corrected chi connectivity index (χ4v) is 5.17. The predicted molar refractivity (Wildman–Crippen MR) is 104 cm³/mol. The van der Waals surface area contributed by atoms with Gasteiger partial charge in [0.05, 0.1) is 10.1 Å². The molecule has 1 saturated carbocycles. The monoisotopic (exact) mass is 396 g/mol. The fraction of sp³-hybridized carbons (Fsp3) is 0.579. The largest absolute Gasteiger partial charge is 0.481 e. The van der Waals surface area contributed by atoms with E-state index in [1.54, 1.807) is 32.0 Å². The first kappa shape index (κ1) is 21.2. The molecule has 1 fully saturated rings. The number of amides is 2. The van der Waals surface area contributed by atoms with Crippen LogP contribution in [0.25, 0.3) is 0 Å². The maximum absolute atomic E-state index is 12.8. The second kappa shape index (κ2) is 8.73. The molecule has 1 aromatic rings. The minimum atomic E-state index is -3.41. The molecule has 0 atom stereocenters. The second-order valence-electron chi connectivity index (χ2n) is 7.69. The van der Waals surface area contributed by atoms with Crippen LogP contribution < -0.4 is 10.6 Å². The number of carboxylic acids is 1. The van der Waals surface area contributed by atoms with Crippen molar-refractivity contribution in [3.63, 3.8) is 0 Å². The molecule has 0 spiro atoms. The zero-order chi connectivity index (χ0) is 20.1. The number of sulfone groups is 1. The molecular weight excluding hydrogens is 368 g/mol. The molecule has 27 heavy (non-hydrogen) atoms. The van der Waals surface area contributed by atoms with Crippen molar-refractivity contribution < 1.29 is 23.1 Å². The SMILES string of the molecule is CC(C)(CCC(=O)O)NC(=O)Nc1cccc(S(=O)(=O)C2CCCCC2)c1. The predicted octanol–water partition coefficient (Wildman–Crippen LogP) is 3.56. The Kier molecular flexibility index (Phi) is 6.86. The van der Waals surface area contributed by atoms with Crippen LogP contribution in [0, 0.1) is 0 Å². The van der Waals surface area contributed by atoms with Gasteiger partial charge in [0.15, 0.2) is 9.84 Å². The average molecular weight is 397 g/mol. The molecule has 0 unspecified atom stereocenters. The molecule has 0 radical (unpaired) electrons. The van der Waals surface area contributed by atoms with Crippen molar-refractivity contribution in [2.75, 3.05) is 5.32 Å². The zero-order valence-corrected chi connectivity index (χ0v) is 16.6. The van der Waals surface area contributed by atoms with E-state index >= 15 is 0 Å². The third-order valence-corrected chi connectivity index (χ3v) is 7.09. The molecule has 1 aliphatic carbocycles. The molecular formula is C19H28N2O5S. The van der Waals surface area contributed by atoms with Crippen molar-refractivity contribution in [2.45, 2.75) is 74.5 Å². The van der Waals surface area contributed by atoms with Crippen LogP contribution in [0.2, 0.25) is 0 Å². The normalized spacial score (nSPS) is 15.9. The summed E-state index contributed by atoms with van der Waals surface area (Å²) in [6.45, 7) is 3.47. The Bertz CT molecular complexity index is 783. The Labute approximate surface area is 160 Å². The van der Waals surface area contributed by atoms with E-state index in [-0.39, 0.29) is 23.0 Å². The van der Waals surface area contributed by atoms with Gasteiger partial charge in [-0.1, -0.05) is 25.3 Å². The summed E-state index contributed by atoms with van der Waals surface area (Å²) < 4.78 is 25.6. The van der Waals surface area contributed by atoms with Gasteiger partial charge in [-0.05, 0) is 51.3 Å². The highest BCUT2D eigenvalue weighted by atomic mass is 32.2. The van der Waals surface area contributed by atoms with E-state index in [1.165, 1.54) is 6.07 Å². The number of hydrogen-bond donors (Lipinski definition) is 3. The van der Waals surface area contributed by atoms with E-state index < -0.39 is 27.4 Å². The number of carbonyl (C=O) groups is 2. The van der Waals surface area contributed by atoms with Gasteiger partial charge in [-0.2, -0.15) is 0 Å². The van der Waals surface area contributed by atoms with Gasteiger partial charge >= 0.3 is 12.0 Å². The van der Waals surface area contributed by atoms with Crippen molar-refractivity contribution in [1.29, 1.82) is 0 Å². The van der Waals surface area contributed by atoms with Crippen molar-refractivity contribution in [1.82, 2.24) is 5.32 Å². The second-order valence-corrected chi connectivity index (χ2v) is 9.92. The van der Waals surface area contributed by atoms with Gasteiger partial charge in [-0.15, -0.1) is 0 Å². The quantitative estimate of drug-likeness (QED) is 0.652. The number of benzene rings is 1. The standard InChI is InChI=1S/C19H28N2O5S/c1-19(2,12-11-17(22)23)21-18(24)20-14-7-6-10-16(13-14)27(25,26)15-8-4-3-5-9-15/h6-7,10,13,15H,3-5,8-9,11-12H2,1-2H3,(H,22,23)(H2,20,21,24). The van der Waals surface area contributed by atoms with Crippen LogP contribution in [0.4, 0.5) is 10.5 Å². The average Bonchev–Trinajstić information content (AvgIpc) is 2.60. The van der Waals surface area contributed by atoms with Gasteiger partial charge in [-0.25, -0.2) is 13.2 Å². The van der Waals surface area contributed by atoms with Crippen molar-refractivity contribution in [3.05, 3.63) is 24.3 Å². The molecule has 0 heterocycles. The maximum Gasteiger partial charge on any atom is 0.319 e. The summed E-state index contributed by atoms with van der Waals surface area (Å²) in [6, 6.07) is 5.78. The molecule has 3 N–H and O–H groups in total. The lowest BCUT2D eigenvalue weighted by Gasteiger charge is -2.26. The number of hydrogen-bond acceptors (Lipinski definition) is 4. The van der Waals surface area contributed by atoms with Gasteiger partial charge in [0.25, 0.3) is 0 Å². The summed E-state index contributed by atoms with van der Waals surface area (Å²) in [5, 5.41) is 13.8. The maximum atomic E-state index is 12.8. The van der Waals surface area contributed by atoms with Crippen molar-refractivity contribution in [3.8, 4) is 0 Å². The number of urea groups is 1. The molecule has 8 heteroatoms. The van der Waals surface area contributed by atoms with Gasteiger partial charge in [0, 0.05) is 17.6 Å². The Morgan fingerprint density at radius 1 is 1.19 bits per heavy atom. The molecule has 0 bridgehead atoms. The lowest BCUT2D eigenvalue weighted by Crippen LogP contribution is -2.45. The van der Waals surface area contributed by atoms with Crippen LogP contribution in [0.15, 0.2) is 29.2 Å². The molecule has 150 valence electrons. The number of carbonyl (C=O) groups excluding carboxylic acids is 1. The lowest BCUT2D eigenvalue weighted by molar-refractivity contribution is -0.137. The van der Waals surface area contributed by atoms with E-state index in [1.807, 2.05) is 0 Å². The molecule has 1 aromatic carbocycles. The first-order valence-corrected chi connectivity index (χ1v) is 10.8. The summed E-state index contributed by atoms with van der Waals surface area (Å²) in [5.41, 5.74) is -0.313. The molecule has 7 nitrogen and oxygen atoms in total. The number of nitrogens with one attached hydrogen (secondary N) is 2. The zero-order valence-electron chi connectivity index (χ0n) is 15.8. The molecule has 0 aromatic heterocycles. The highest BCUT2D eigenvalue weighted by Gasteiger charge is 2.29. The van der Waals surface area contributed by atoms with Crippen LogP contribution in [0.5, 0.6) is 0 Å². The topological polar surface area (TPSA) is 113 Å². The number of carboxylic acid groups (broad SMARTS) is 1. The minimum Gasteiger partial charge on any atom is -0.481 e. The summed E-state index contributed by atoms with van der Waals surface area (Å²) in [4.78, 5) is 23.1. The van der Waals surface area contributed by atoms with Crippen LogP contribution in [-0.4, -0.2) is 36.3 Å². The van der Waals surface area contributed by atoms with Crippen LogP contribution in [-0.2, 0) is 14.6 Å². The first-order valence-electron chi connectivity index (χ1n) is 9.25. The summed E-state index contributed by atoms with van der Waals surface area (Å²) in [7, 11) is -3.41. The van der Waals surface area contributed by atoms with Gasteiger partial charge < -0.3 is 15.7 Å². The lowest BCUT2D eigenvalue weighted by atomic mass is 9.99. The van der Waals surface area contributed by atoms with E-state index in [9.17, 15) is 18.0 Å².